The van der Waals surface area contributed by atoms with Crippen molar-refractivity contribution in [1.29, 1.82) is 0 Å². The number of aryl methyl sites for hydroxylation is 1. The van der Waals surface area contributed by atoms with E-state index in [1.54, 1.807) is 0 Å². The van der Waals surface area contributed by atoms with Crippen molar-refractivity contribution >= 4 is 0 Å². The van der Waals surface area contributed by atoms with Crippen molar-refractivity contribution in [3.63, 3.8) is 0 Å². The van der Waals surface area contributed by atoms with Gasteiger partial charge >= 0.3 is 0 Å². The second-order valence-electron chi connectivity index (χ2n) is 5.47. The molecule has 1 heteroatoms. The van der Waals surface area contributed by atoms with Gasteiger partial charge in [0, 0.05) is 0 Å². The molecule has 1 aromatic rings. The van der Waals surface area contributed by atoms with E-state index in [9.17, 15) is 5.11 Å². The van der Waals surface area contributed by atoms with Gasteiger partial charge in [0.1, 0.15) is 0 Å². The maximum atomic E-state index is 10.1. The minimum absolute atomic E-state index is 0.295. The number of hydrogen-bond donors (Lipinski definition) is 1. The molecule has 1 rings (SSSR count). The number of aliphatic hydroxyl groups is 1. The normalized spacial score (nSPS) is 13.9. The average Bonchev–Trinajstić information content (AvgIpc) is 2.14. The Morgan fingerprint density at radius 3 is 2.33 bits per heavy atom. The lowest BCUT2D eigenvalue weighted by molar-refractivity contribution is 0.147. The summed E-state index contributed by atoms with van der Waals surface area (Å²) >= 11 is 0. The van der Waals surface area contributed by atoms with Crippen LogP contribution in [0.5, 0.6) is 0 Å². The Morgan fingerprint density at radius 2 is 1.80 bits per heavy atom. The lowest BCUT2D eigenvalue weighted by atomic mass is 9.87. The zero-order valence-corrected chi connectivity index (χ0v) is 10.2. The highest BCUT2D eigenvalue weighted by Crippen LogP contribution is 2.28. The molecule has 1 nitrogen and oxygen atoms in total. The summed E-state index contributed by atoms with van der Waals surface area (Å²) in [7, 11) is 0. The molecule has 0 bridgehead atoms. The number of hydrogen-bond acceptors (Lipinski definition) is 1. The fourth-order valence-electron chi connectivity index (χ4n) is 1.69. The first-order chi connectivity index (χ1) is 6.90. The minimum Gasteiger partial charge on any atom is -0.388 e. The van der Waals surface area contributed by atoms with E-state index in [0.29, 0.717) is 5.41 Å². The van der Waals surface area contributed by atoms with Crippen LogP contribution in [-0.2, 0) is 0 Å². The quantitative estimate of drug-likeness (QED) is 0.796. The van der Waals surface area contributed by atoms with Crippen molar-refractivity contribution in [2.24, 2.45) is 5.41 Å². The largest absolute Gasteiger partial charge is 0.388 e. The number of benzene rings is 1. The third kappa shape index (κ3) is 4.05. The summed E-state index contributed by atoms with van der Waals surface area (Å²) in [4.78, 5) is 0. The molecule has 15 heavy (non-hydrogen) atoms. The molecule has 0 heterocycles. The molecule has 0 spiro atoms. The third-order valence-corrected chi connectivity index (χ3v) is 2.72. The van der Waals surface area contributed by atoms with Crippen LogP contribution in [-0.4, -0.2) is 5.11 Å². The molecular formula is C14H22O. The second-order valence-corrected chi connectivity index (χ2v) is 5.47. The lowest BCUT2D eigenvalue weighted by Crippen LogP contribution is -2.08. The third-order valence-electron chi connectivity index (χ3n) is 2.72. The van der Waals surface area contributed by atoms with Crippen LogP contribution in [0.25, 0.3) is 0 Å². The molecule has 0 aromatic heterocycles. The van der Waals surface area contributed by atoms with E-state index in [0.717, 1.165) is 18.4 Å². The highest BCUT2D eigenvalue weighted by molar-refractivity contribution is 5.27. The predicted molar refractivity (Wildman–Crippen MR) is 64.8 cm³/mol. The summed E-state index contributed by atoms with van der Waals surface area (Å²) in [5.41, 5.74) is 2.55. The smallest absolute Gasteiger partial charge is 0.0792 e. The summed E-state index contributed by atoms with van der Waals surface area (Å²) < 4.78 is 0. The van der Waals surface area contributed by atoms with Crippen molar-refractivity contribution in [1.82, 2.24) is 0 Å². The van der Waals surface area contributed by atoms with Crippen molar-refractivity contribution < 1.29 is 5.11 Å². The first-order valence-electron chi connectivity index (χ1n) is 5.64. The van der Waals surface area contributed by atoms with E-state index in [-0.39, 0.29) is 6.10 Å². The van der Waals surface area contributed by atoms with Gasteiger partial charge in [0.2, 0.25) is 0 Å². The maximum Gasteiger partial charge on any atom is 0.0792 e. The van der Waals surface area contributed by atoms with E-state index in [1.165, 1.54) is 5.56 Å². The van der Waals surface area contributed by atoms with Gasteiger partial charge in [-0.05, 0) is 36.3 Å². The van der Waals surface area contributed by atoms with Crippen molar-refractivity contribution in [2.75, 3.05) is 0 Å². The zero-order valence-electron chi connectivity index (χ0n) is 10.2. The molecule has 0 aliphatic rings. The fourth-order valence-corrected chi connectivity index (χ4v) is 1.69. The molecule has 1 aromatic carbocycles. The molecular weight excluding hydrogens is 184 g/mol. The molecule has 0 amide bonds. The summed E-state index contributed by atoms with van der Waals surface area (Å²) in [6.07, 6.45) is 1.57. The number of aliphatic hydroxyl groups excluding tert-OH is 1. The highest BCUT2D eigenvalue weighted by atomic mass is 16.3. The lowest BCUT2D eigenvalue weighted by Gasteiger charge is -2.21. The van der Waals surface area contributed by atoms with E-state index in [4.69, 9.17) is 0 Å². The summed E-state index contributed by atoms with van der Waals surface area (Å²) in [5, 5.41) is 10.1. The summed E-state index contributed by atoms with van der Waals surface area (Å²) in [6.45, 7) is 8.67. The Morgan fingerprint density at radius 1 is 1.20 bits per heavy atom. The van der Waals surface area contributed by atoms with Crippen molar-refractivity contribution in [2.45, 2.75) is 46.6 Å². The van der Waals surface area contributed by atoms with Crippen LogP contribution in [0.15, 0.2) is 24.3 Å². The van der Waals surface area contributed by atoms with Crippen molar-refractivity contribution in [3.05, 3.63) is 35.4 Å². The van der Waals surface area contributed by atoms with Crippen LogP contribution in [0.2, 0.25) is 0 Å². The molecule has 0 saturated carbocycles. The van der Waals surface area contributed by atoms with E-state index < -0.39 is 0 Å². The summed E-state index contributed by atoms with van der Waals surface area (Å²) in [5.74, 6) is 0. The average molecular weight is 206 g/mol. The van der Waals surface area contributed by atoms with Gasteiger partial charge in [0.15, 0.2) is 0 Å². The highest BCUT2D eigenvalue weighted by Gasteiger charge is 2.15. The Bertz CT molecular complexity index is 309. The molecule has 1 N–H and O–H groups in total. The Balaban J connectivity index is 2.62. The van der Waals surface area contributed by atoms with Gasteiger partial charge in [-0.15, -0.1) is 0 Å². The maximum absolute atomic E-state index is 10.1. The molecule has 1 unspecified atom stereocenters. The van der Waals surface area contributed by atoms with Crippen LogP contribution in [0.4, 0.5) is 0 Å². The molecule has 0 aliphatic carbocycles. The Kier molecular flexibility index (Phi) is 3.92. The van der Waals surface area contributed by atoms with Gasteiger partial charge in [-0.2, -0.15) is 0 Å². The fraction of sp³-hybridized carbons (Fsp3) is 0.571. The molecule has 0 radical (unpaired) electrons. The molecule has 84 valence electrons. The van der Waals surface area contributed by atoms with Gasteiger partial charge in [-0.1, -0.05) is 45.0 Å². The topological polar surface area (TPSA) is 20.2 Å². The van der Waals surface area contributed by atoms with Crippen LogP contribution in [0, 0.1) is 12.3 Å². The van der Waals surface area contributed by atoms with Crippen LogP contribution < -0.4 is 0 Å². The van der Waals surface area contributed by atoms with E-state index in [2.05, 4.69) is 33.8 Å². The SMILES string of the molecule is Cc1ccccc1C(O)CCC(C)(C)C. The van der Waals surface area contributed by atoms with Gasteiger partial charge in [0.05, 0.1) is 6.10 Å². The molecule has 1 atom stereocenters. The Hall–Kier alpha value is -0.820. The minimum atomic E-state index is -0.314. The zero-order chi connectivity index (χ0) is 11.5. The number of rotatable bonds is 3. The standard InChI is InChI=1S/C14H22O/c1-11-7-5-6-8-12(11)13(15)9-10-14(2,3)4/h5-8,13,15H,9-10H2,1-4H3. The first-order valence-corrected chi connectivity index (χ1v) is 5.64. The van der Waals surface area contributed by atoms with Crippen LogP contribution in [0.1, 0.15) is 50.8 Å². The van der Waals surface area contributed by atoms with E-state index >= 15 is 0 Å². The molecule has 0 fully saturated rings. The van der Waals surface area contributed by atoms with Gasteiger partial charge in [-0.3, -0.25) is 0 Å². The van der Waals surface area contributed by atoms with Gasteiger partial charge in [-0.25, -0.2) is 0 Å². The monoisotopic (exact) mass is 206 g/mol. The van der Waals surface area contributed by atoms with E-state index in [1.807, 2.05) is 18.2 Å². The van der Waals surface area contributed by atoms with Crippen molar-refractivity contribution in [3.8, 4) is 0 Å². The molecule has 0 aliphatic heterocycles. The summed E-state index contributed by atoms with van der Waals surface area (Å²) in [6, 6.07) is 8.07. The van der Waals surface area contributed by atoms with Gasteiger partial charge < -0.3 is 5.11 Å². The molecule has 0 saturated heterocycles. The van der Waals surface area contributed by atoms with Crippen LogP contribution >= 0.6 is 0 Å². The second kappa shape index (κ2) is 4.80. The predicted octanol–water partition coefficient (Wildman–Crippen LogP) is 3.85. The van der Waals surface area contributed by atoms with Gasteiger partial charge in [0.25, 0.3) is 0 Å². The Labute approximate surface area is 93.1 Å². The van der Waals surface area contributed by atoms with Crippen LogP contribution in [0.3, 0.4) is 0 Å². The first kappa shape index (κ1) is 12.3.